The van der Waals surface area contributed by atoms with Crippen molar-refractivity contribution < 1.29 is 41.8 Å². The summed E-state index contributed by atoms with van der Waals surface area (Å²) in [4.78, 5) is 26.8. The Morgan fingerprint density at radius 2 is 2.00 bits per heavy atom. The minimum absolute atomic E-state index is 0.00000627. The van der Waals surface area contributed by atoms with E-state index in [1.807, 2.05) is 0 Å². The number of para-hydroxylation sites is 1. The number of carbonyl (C=O) groups excluding carboxylic acids is 1. The van der Waals surface area contributed by atoms with Gasteiger partial charge in [0.2, 0.25) is 5.67 Å². The van der Waals surface area contributed by atoms with Gasteiger partial charge in [0.25, 0.3) is 5.85 Å². The normalized spacial score (nSPS) is 27.3. The number of terminal acetylenes is 1. The second-order valence-electron chi connectivity index (χ2n) is 8.60. The Morgan fingerprint density at radius 3 is 2.58 bits per heavy atom. The first kappa shape index (κ1) is 29.6. The van der Waals surface area contributed by atoms with E-state index in [0.29, 0.717) is 4.57 Å². The number of hydrogen-bond donors (Lipinski definition) is 3. The number of aromatic amines is 1. The number of rotatable bonds is 10. The van der Waals surface area contributed by atoms with Gasteiger partial charge in [0.15, 0.2) is 12.3 Å². The highest BCUT2D eigenvalue weighted by atomic mass is 32.1. The summed E-state index contributed by atoms with van der Waals surface area (Å²) in [7, 11) is -4.62. The molecule has 0 aliphatic carbocycles. The number of halogens is 2. The Balaban J connectivity index is 1.90. The van der Waals surface area contributed by atoms with Crippen LogP contribution in [0.5, 0.6) is 5.75 Å². The van der Waals surface area contributed by atoms with Crippen LogP contribution in [0.2, 0.25) is 0 Å². The standard InChI is InChI=1S/C23H26F2N3O8PS/c1-5-22(24)19(30)23(25,35-20(22)28-12-11-17(38)26-21(28)31)13-33-37(32,36-16-9-7-6-8-10-16)27-15(4)18(29)34-14(2)3/h1,6-12,14-15,19-20,30H,13H2,2-4H3,(H,27,32)(H,26,31,38)/t15-,19+,20+,22?,23+,37?/m0/s1. The van der Waals surface area contributed by atoms with E-state index >= 15 is 8.78 Å². The van der Waals surface area contributed by atoms with Crippen LogP contribution in [0.15, 0.2) is 47.4 Å². The number of H-pyrrole nitrogens is 1. The molecule has 2 aromatic rings. The lowest BCUT2D eigenvalue weighted by Crippen LogP contribution is -2.48. The first-order valence-corrected chi connectivity index (χ1v) is 13.2. The molecule has 2 unspecified atom stereocenters. The van der Waals surface area contributed by atoms with Gasteiger partial charge in [-0.3, -0.25) is 18.9 Å². The van der Waals surface area contributed by atoms with Gasteiger partial charge >= 0.3 is 19.4 Å². The average molecular weight is 574 g/mol. The van der Waals surface area contributed by atoms with Crippen molar-refractivity contribution in [1.82, 2.24) is 14.6 Å². The molecule has 11 nitrogen and oxygen atoms in total. The maximum absolute atomic E-state index is 15.9. The van der Waals surface area contributed by atoms with E-state index in [4.69, 9.17) is 37.2 Å². The van der Waals surface area contributed by atoms with Crippen molar-refractivity contribution in [2.45, 2.75) is 56.8 Å². The molecule has 0 amide bonds. The molecule has 0 spiro atoms. The number of hydrogen-bond acceptors (Lipinski definition) is 9. The molecule has 1 aromatic heterocycles. The highest BCUT2D eigenvalue weighted by Crippen LogP contribution is 2.51. The number of carbonyl (C=O) groups is 1. The van der Waals surface area contributed by atoms with Gasteiger partial charge in [-0.15, -0.1) is 6.42 Å². The van der Waals surface area contributed by atoms with Crippen LogP contribution in [0.3, 0.4) is 0 Å². The maximum atomic E-state index is 15.9. The second kappa shape index (κ2) is 11.4. The van der Waals surface area contributed by atoms with E-state index in [2.05, 4.69) is 10.1 Å². The second-order valence-corrected chi connectivity index (χ2v) is 10.7. The van der Waals surface area contributed by atoms with Crippen LogP contribution in [0, 0.1) is 17.0 Å². The van der Waals surface area contributed by atoms with Gasteiger partial charge in [-0.25, -0.2) is 18.1 Å². The third kappa shape index (κ3) is 6.37. The van der Waals surface area contributed by atoms with Crippen molar-refractivity contribution in [3.05, 3.63) is 57.7 Å². The monoisotopic (exact) mass is 573 g/mol. The van der Waals surface area contributed by atoms with Crippen molar-refractivity contribution in [2.24, 2.45) is 0 Å². The van der Waals surface area contributed by atoms with Crippen LogP contribution >= 0.6 is 20.0 Å². The summed E-state index contributed by atoms with van der Waals surface area (Å²) in [6, 6.07) is 7.50. The fraction of sp³-hybridized carbons (Fsp3) is 0.435. The van der Waals surface area contributed by atoms with E-state index in [0.717, 1.165) is 6.20 Å². The molecule has 0 bridgehead atoms. The van der Waals surface area contributed by atoms with Gasteiger partial charge in [0.1, 0.15) is 23.0 Å². The van der Waals surface area contributed by atoms with Crippen LogP contribution in [-0.4, -0.2) is 57.0 Å². The molecule has 1 aromatic carbocycles. The lowest BCUT2D eigenvalue weighted by molar-refractivity contribution is -0.204. The summed E-state index contributed by atoms with van der Waals surface area (Å²) in [5.41, 5.74) is -4.25. The van der Waals surface area contributed by atoms with Crippen LogP contribution < -0.4 is 15.3 Å². The number of nitrogens with one attached hydrogen (secondary N) is 2. The molecule has 206 valence electrons. The number of alkyl halides is 2. The Labute approximate surface area is 221 Å². The van der Waals surface area contributed by atoms with E-state index in [1.165, 1.54) is 25.1 Å². The smallest absolute Gasteiger partial charge is 0.459 e. The number of aliphatic hydroxyl groups excluding tert-OH is 1. The number of benzene rings is 1. The number of ether oxygens (including phenoxy) is 2. The first-order valence-electron chi connectivity index (χ1n) is 11.2. The number of aliphatic hydroxyl groups is 1. The highest BCUT2D eigenvalue weighted by molar-refractivity contribution is 7.71. The summed E-state index contributed by atoms with van der Waals surface area (Å²) in [5, 5.41) is 12.9. The summed E-state index contributed by atoms with van der Waals surface area (Å²) < 4.78 is 66.5. The summed E-state index contributed by atoms with van der Waals surface area (Å²) in [6.45, 7) is 3.11. The predicted octanol–water partition coefficient (Wildman–Crippen LogP) is 2.94. The molecule has 1 saturated heterocycles. The number of esters is 1. The van der Waals surface area contributed by atoms with E-state index < -0.39 is 62.0 Å². The molecule has 2 heterocycles. The third-order valence-electron chi connectivity index (χ3n) is 5.26. The Bertz CT molecular complexity index is 1370. The molecule has 1 aliphatic rings. The molecule has 1 aliphatic heterocycles. The predicted molar refractivity (Wildman–Crippen MR) is 133 cm³/mol. The lowest BCUT2D eigenvalue weighted by atomic mass is 9.96. The SMILES string of the molecule is C#CC1(F)[C@@H](O)[C@@](F)(COP(=O)(N[C@@H](C)C(=O)OC(C)C)Oc2ccccc2)O[C@H]1n1ccc(=S)[nH]c1=O. The average Bonchev–Trinajstić information content (AvgIpc) is 3.05. The van der Waals surface area contributed by atoms with Crippen molar-refractivity contribution in [2.75, 3.05) is 6.61 Å². The maximum Gasteiger partial charge on any atom is 0.459 e. The lowest BCUT2D eigenvalue weighted by Gasteiger charge is -2.28. The topological polar surface area (TPSA) is 141 Å². The highest BCUT2D eigenvalue weighted by Gasteiger charge is 2.67. The molecular weight excluding hydrogens is 547 g/mol. The molecule has 6 atom stereocenters. The minimum Gasteiger partial charge on any atom is -0.462 e. The fourth-order valence-corrected chi connectivity index (χ4v) is 5.08. The summed E-state index contributed by atoms with van der Waals surface area (Å²) >= 11 is 4.83. The summed E-state index contributed by atoms with van der Waals surface area (Å²) in [6.07, 6.45) is 0.903. The van der Waals surface area contributed by atoms with E-state index in [1.54, 1.807) is 38.0 Å². The zero-order valence-corrected chi connectivity index (χ0v) is 22.2. The van der Waals surface area contributed by atoms with Gasteiger partial charge in [0.05, 0.1) is 6.10 Å². The zero-order chi connectivity index (χ0) is 28.3. The van der Waals surface area contributed by atoms with Gasteiger partial charge in [-0.2, -0.15) is 5.09 Å². The Morgan fingerprint density at radius 1 is 1.34 bits per heavy atom. The Kier molecular flexibility index (Phi) is 8.93. The quantitative estimate of drug-likeness (QED) is 0.168. The third-order valence-corrected chi connectivity index (χ3v) is 7.12. The van der Waals surface area contributed by atoms with Gasteiger partial charge < -0.3 is 19.1 Å². The van der Waals surface area contributed by atoms with Crippen molar-refractivity contribution in [3.63, 3.8) is 0 Å². The molecule has 15 heteroatoms. The first-order chi connectivity index (χ1) is 17.7. The minimum atomic E-state index is -4.62. The van der Waals surface area contributed by atoms with E-state index in [9.17, 15) is 19.3 Å². The van der Waals surface area contributed by atoms with Crippen molar-refractivity contribution in [3.8, 4) is 18.1 Å². The van der Waals surface area contributed by atoms with Crippen LogP contribution in [0.1, 0.15) is 27.0 Å². The molecular formula is C23H26F2N3O8PS. The fourth-order valence-electron chi connectivity index (χ4n) is 3.43. The van der Waals surface area contributed by atoms with Gasteiger partial charge in [-0.05, 0) is 39.0 Å². The molecule has 0 radical (unpaired) electrons. The largest absolute Gasteiger partial charge is 0.462 e. The van der Waals surface area contributed by atoms with Crippen molar-refractivity contribution in [1.29, 1.82) is 0 Å². The zero-order valence-electron chi connectivity index (χ0n) is 20.5. The van der Waals surface area contributed by atoms with Crippen molar-refractivity contribution >= 4 is 25.9 Å². The molecule has 0 saturated carbocycles. The van der Waals surface area contributed by atoms with Gasteiger partial charge in [0, 0.05) is 6.20 Å². The number of nitrogens with zero attached hydrogens (tertiary/aromatic N) is 1. The van der Waals surface area contributed by atoms with Crippen LogP contribution in [-0.2, 0) is 23.4 Å². The van der Waals surface area contributed by atoms with Crippen LogP contribution in [0.4, 0.5) is 8.78 Å². The summed E-state index contributed by atoms with van der Waals surface area (Å²) in [5.74, 6) is -2.60. The van der Waals surface area contributed by atoms with E-state index in [-0.39, 0.29) is 10.4 Å². The molecule has 3 N–H and O–H groups in total. The molecule has 1 fully saturated rings. The molecule has 38 heavy (non-hydrogen) atoms. The molecule has 3 rings (SSSR count). The number of aromatic nitrogens is 2. The Hall–Kier alpha value is -2.92. The van der Waals surface area contributed by atoms with Gasteiger partial charge in [-0.1, -0.05) is 36.3 Å². The van der Waals surface area contributed by atoms with Crippen LogP contribution in [0.25, 0.3) is 0 Å².